The van der Waals surface area contributed by atoms with E-state index in [2.05, 4.69) is 30.7 Å². The highest BCUT2D eigenvalue weighted by atomic mass is 14.8. The van der Waals surface area contributed by atoms with Gasteiger partial charge in [-0.2, -0.15) is 0 Å². The van der Waals surface area contributed by atoms with Crippen molar-refractivity contribution in [3.8, 4) is 0 Å². The second-order valence-corrected chi connectivity index (χ2v) is 3.50. The number of aliphatic imine (C=N–C) groups is 1. The van der Waals surface area contributed by atoms with E-state index in [0.717, 1.165) is 12.8 Å². The van der Waals surface area contributed by atoms with Crippen LogP contribution < -0.4 is 11.1 Å². The van der Waals surface area contributed by atoms with E-state index in [1.807, 2.05) is 0 Å². The van der Waals surface area contributed by atoms with Gasteiger partial charge in [-0.05, 0) is 19.0 Å². The van der Waals surface area contributed by atoms with E-state index in [-0.39, 0.29) is 0 Å². The number of nitrogens with two attached hydrogens (primary N) is 1. The van der Waals surface area contributed by atoms with E-state index < -0.39 is 0 Å². The molecule has 0 spiro atoms. The Morgan fingerprint density at radius 3 is 2.80 bits per heavy atom. The standard InChI is InChI=1S/C12H23N3/c1-4-7-8-12(5-2)15-10-11(13)9-14-6-3/h6,9-10,12,14H,3-5,7-8,13H2,1-2H3/b11-9+,15-10?. The summed E-state index contributed by atoms with van der Waals surface area (Å²) in [6.07, 6.45) is 9.64. The smallest absolute Gasteiger partial charge is 0.0658 e. The minimum Gasteiger partial charge on any atom is -0.396 e. The van der Waals surface area contributed by atoms with Gasteiger partial charge in [-0.1, -0.05) is 33.3 Å². The van der Waals surface area contributed by atoms with Gasteiger partial charge < -0.3 is 11.1 Å². The van der Waals surface area contributed by atoms with Crippen LogP contribution >= 0.6 is 0 Å². The number of nitrogens with zero attached hydrogens (tertiary/aromatic N) is 1. The van der Waals surface area contributed by atoms with Gasteiger partial charge in [-0.3, -0.25) is 4.99 Å². The lowest BCUT2D eigenvalue weighted by Gasteiger charge is -2.08. The van der Waals surface area contributed by atoms with Gasteiger partial charge in [-0.25, -0.2) is 0 Å². The number of unbranched alkanes of at least 4 members (excludes halogenated alkanes) is 1. The lowest BCUT2D eigenvalue weighted by molar-refractivity contribution is 0.566. The topological polar surface area (TPSA) is 50.4 Å². The molecule has 0 heterocycles. The molecular weight excluding hydrogens is 186 g/mol. The van der Waals surface area contributed by atoms with Crippen molar-refractivity contribution in [2.75, 3.05) is 0 Å². The Morgan fingerprint density at radius 1 is 1.53 bits per heavy atom. The normalized spacial score (nSPS) is 14.1. The molecule has 3 heteroatoms. The van der Waals surface area contributed by atoms with Gasteiger partial charge in [0.05, 0.1) is 5.70 Å². The Labute approximate surface area is 93.2 Å². The van der Waals surface area contributed by atoms with Crippen molar-refractivity contribution >= 4 is 6.21 Å². The van der Waals surface area contributed by atoms with Crippen LogP contribution in [0.15, 0.2) is 29.7 Å². The minimum atomic E-state index is 0.403. The van der Waals surface area contributed by atoms with E-state index >= 15 is 0 Å². The summed E-state index contributed by atoms with van der Waals surface area (Å²) in [6, 6.07) is 0.403. The third kappa shape index (κ3) is 7.79. The number of hydrogen-bond acceptors (Lipinski definition) is 3. The molecule has 15 heavy (non-hydrogen) atoms. The second-order valence-electron chi connectivity index (χ2n) is 3.50. The highest BCUT2D eigenvalue weighted by molar-refractivity contribution is 5.77. The van der Waals surface area contributed by atoms with Crippen LogP contribution in [0, 0.1) is 0 Å². The molecule has 0 amide bonds. The van der Waals surface area contributed by atoms with E-state index in [4.69, 9.17) is 5.73 Å². The minimum absolute atomic E-state index is 0.403. The zero-order valence-electron chi connectivity index (χ0n) is 9.87. The van der Waals surface area contributed by atoms with Crippen LogP contribution in [0.1, 0.15) is 39.5 Å². The molecule has 3 nitrogen and oxygen atoms in total. The molecule has 0 aromatic carbocycles. The van der Waals surface area contributed by atoms with Gasteiger partial charge >= 0.3 is 0 Å². The Morgan fingerprint density at radius 2 is 2.27 bits per heavy atom. The fourth-order valence-corrected chi connectivity index (χ4v) is 1.21. The van der Waals surface area contributed by atoms with Crippen LogP contribution in [0.3, 0.4) is 0 Å². The van der Waals surface area contributed by atoms with E-state index in [1.165, 1.54) is 12.8 Å². The van der Waals surface area contributed by atoms with Crippen molar-refractivity contribution in [3.63, 3.8) is 0 Å². The molecule has 0 fully saturated rings. The first kappa shape index (κ1) is 13.8. The summed E-state index contributed by atoms with van der Waals surface area (Å²) in [7, 11) is 0. The van der Waals surface area contributed by atoms with Crippen LogP contribution in [0.25, 0.3) is 0 Å². The summed E-state index contributed by atoms with van der Waals surface area (Å²) in [4.78, 5) is 4.44. The summed E-state index contributed by atoms with van der Waals surface area (Å²) >= 11 is 0. The first-order valence-corrected chi connectivity index (χ1v) is 5.60. The molecule has 3 N–H and O–H groups in total. The van der Waals surface area contributed by atoms with Crippen LogP contribution in [0.2, 0.25) is 0 Å². The van der Waals surface area contributed by atoms with Crippen LogP contribution in [0.4, 0.5) is 0 Å². The Kier molecular flexibility index (Phi) is 8.53. The Balaban J connectivity index is 4.03. The molecule has 0 rings (SSSR count). The maximum Gasteiger partial charge on any atom is 0.0658 e. The van der Waals surface area contributed by atoms with Gasteiger partial charge in [0.15, 0.2) is 0 Å². The zero-order chi connectivity index (χ0) is 11.5. The second kappa shape index (κ2) is 9.31. The third-order valence-corrected chi connectivity index (χ3v) is 2.16. The molecule has 0 aromatic rings. The van der Waals surface area contributed by atoms with Crippen LogP contribution in [-0.4, -0.2) is 12.3 Å². The zero-order valence-corrected chi connectivity index (χ0v) is 9.87. The maximum atomic E-state index is 5.69. The average Bonchev–Trinajstić information content (AvgIpc) is 2.26. The Hall–Kier alpha value is -1.25. The monoisotopic (exact) mass is 209 g/mol. The quantitative estimate of drug-likeness (QED) is 0.604. The highest BCUT2D eigenvalue weighted by Gasteiger charge is 2.01. The van der Waals surface area contributed by atoms with E-state index in [1.54, 1.807) is 18.6 Å². The predicted octanol–water partition coefficient (Wildman–Crippen LogP) is 2.56. The summed E-state index contributed by atoms with van der Waals surface area (Å²) in [6.45, 7) is 7.87. The highest BCUT2D eigenvalue weighted by Crippen LogP contribution is 2.07. The molecule has 0 saturated carbocycles. The van der Waals surface area contributed by atoms with Crippen molar-refractivity contribution in [3.05, 3.63) is 24.7 Å². The SMILES string of the molecule is C=CN/C=C(/N)C=NC(CC)CCCC. The lowest BCUT2D eigenvalue weighted by Crippen LogP contribution is -2.08. The van der Waals surface area contributed by atoms with Crippen LogP contribution in [0.5, 0.6) is 0 Å². The van der Waals surface area contributed by atoms with Gasteiger partial charge in [0.25, 0.3) is 0 Å². The van der Waals surface area contributed by atoms with Gasteiger partial charge in [-0.15, -0.1) is 0 Å². The van der Waals surface area contributed by atoms with E-state index in [0.29, 0.717) is 11.7 Å². The number of nitrogens with one attached hydrogen (secondary N) is 1. The maximum absolute atomic E-state index is 5.69. The molecule has 0 radical (unpaired) electrons. The molecule has 0 aliphatic heterocycles. The summed E-state index contributed by atoms with van der Waals surface area (Å²) in [5.74, 6) is 0. The first-order chi connectivity index (χ1) is 7.24. The Bertz CT molecular complexity index is 219. The van der Waals surface area contributed by atoms with Crippen molar-refractivity contribution in [2.45, 2.75) is 45.6 Å². The summed E-state index contributed by atoms with van der Waals surface area (Å²) in [5, 5.41) is 2.82. The fourth-order valence-electron chi connectivity index (χ4n) is 1.21. The predicted molar refractivity (Wildman–Crippen MR) is 67.7 cm³/mol. The average molecular weight is 209 g/mol. The number of hydrogen-bond donors (Lipinski definition) is 2. The lowest BCUT2D eigenvalue weighted by atomic mass is 10.1. The largest absolute Gasteiger partial charge is 0.396 e. The molecule has 0 aliphatic rings. The molecular formula is C12H23N3. The molecule has 0 aliphatic carbocycles. The van der Waals surface area contributed by atoms with Crippen molar-refractivity contribution in [1.82, 2.24) is 5.32 Å². The van der Waals surface area contributed by atoms with Crippen molar-refractivity contribution < 1.29 is 0 Å². The van der Waals surface area contributed by atoms with Crippen molar-refractivity contribution in [1.29, 1.82) is 0 Å². The molecule has 1 atom stereocenters. The number of rotatable bonds is 8. The molecule has 86 valence electrons. The summed E-state index contributed by atoms with van der Waals surface area (Å²) in [5.41, 5.74) is 6.32. The molecule has 0 saturated heterocycles. The van der Waals surface area contributed by atoms with Gasteiger partial charge in [0.2, 0.25) is 0 Å². The van der Waals surface area contributed by atoms with Gasteiger partial charge in [0, 0.05) is 18.5 Å². The third-order valence-electron chi connectivity index (χ3n) is 2.16. The first-order valence-electron chi connectivity index (χ1n) is 5.60. The fraction of sp³-hybridized carbons (Fsp3) is 0.583. The van der Waals surface area contributed by atoms with Gasteiger partial charge in [0.1, 0.15) is 0 Å². The summed E-state index contributed by atoms with van der Waals surface area (Å²) < 4.78 is 0. The van der Waals surface area contributed by atoms with E-state index in [9.17, 15) is 0 Å². The molecule has 1 unspecified atom stereocenters. The number of allylic oxidation sites excluding steroid dienone is 1. The molecule has 0 aromatic heterocycles. The van der Waals surface area contributed by atoms with Crippen molar-refractivity contribution in [2.24, 2.45) is 10.7 Å². The van der Waals surface area contributed by atoms with Crippen LogP contribution in [-0.2, 0) is 0 Å². The molecule has 0 bridgehead atoms.